The first-order valence-corrected chi connectivity index (χ1v) is 10.0. The van der Waals surface area contributed by atoms with Gasteiger partial charge in [-0.1, -0.05) is 60.7 Å². The van der Waals surface area contributed by atoms with E-state index in [1.54, 1.807) is 13.8 Å². The van der Waals surface area contributed by atoms with Crippen LogP contribution in [0.2, 0.25) is 0 Å². The van der Waals surface area contributed by atoms with Gasteiger partial charge in [0, 0.05) is 13.1 Å². The fraction of sp³-hybridized carbons (Fsp3) is 0.478. The van der Waals surface area contributed by atoms with Crippen molar-refractivity contribution in [3.8, 4) is 0 Å². The molecule has 1 heterocycles. The molecule has 0 saturated carbocycles. The molecule has 0 radical (unpaired) electrons. The second kappa shape index (κ2) is 9.80. The van der Waals surface area contributed by atoms with Crippen LogP contribution in [0.5, 0.6) is 0 Å². The summed E-state index contributed by atoms with van der Waals surface area (Å²) >= 11 is 0. The van der Waals surface area contributed by atoms with Crippen LogP contribution in [0.25, 0.3) is 0 Å². The van der Waals surface area contributed by atoms with Crippen LogP contribution in [-0.2, 0) is 22.6 Å². The van der Waals surface area contributed by atoms with E-state index in [0.29, 0.717) is 13.1 Å². The van der Waals surface area contributed by atoms with Crippen LogP contribution >= 0.6 is 0 Å². The van der Waals surface area contributed by atoms with Gasteiger partial charge in [0.05, 0.1) is 19.3 Å². The lowest BCUT2D eigenvalue weighted by Gasteiger charge is -2.36. The number of rotatable bonds is 9. The summed E-state index contributed by atoms with van der Waals surface area (Å²) in [5.41, 5.74) is 2.16. The molecule has 158 valence electrons. The second-order valence-corrected chi connectivity index (χ2v) is 7.94. The quantitative estimate of drug-likeness (QED) is 0.596. The highest BCUT2D eigenvalue weighted by Gasteiger charge is 2.47. The van der Waals surface area contributed by atoms with Crippen molar-refractivity contribution >= 4 is 0 Å². The minimum Gasteiger partial charge on any atom is -0.395 e. The van der Waals surface area contributed by atoms with E-state index in [-0.39, 0.29) is 13.2 Å². The van der Waals surface area contributed by atoms with Gasteiger partial charge in [-0.05, 0) is 25.0 Å². The monoisotopic (exact) mass is 401 g/mol. The van der Waals surface area contributed by atoms with E-state index in [1.165, 1.54) is 0 Å². The van der Waals surface area contributed by atoms with E-state index in [1.807, 2.05) is 65.6 Å². The number of hydrogen-bond acceptors (Lipinski definition) is 6. The van der Waals surface area contributed by atoms with Crippen molar-refractivity contribution in [2.24, 2.45) is 0 Å². The second-order valence-electron chi connectivity index (χ2n) is 7.94. The van der Waals surface area contributed by atoms with E-state index in [0.717, 1.165) is 11.1 Å². The number of ether oxygens (including phenoxy) is 2. The van der Waals surface area contributed by atoms with Crippen molar-refractivity contribution < 1.29 is 24.8 Å². The molecule has 0 unspecified atom stereocenters. The minimum absolute atomic E-state index is 0.251. The predicted octanol–water partition coefficient (Wildman–Crippen LogP) is 1.92. The first-order valence-electron chi connectivity index (χ1n) is 10.0. The Morgan fingerprint density at radius 1 is 0.897 bits per heavy atom. The van der Waals surface area contributed by atoms with E-state index in [9.17, 15) is 15.3 Å². The zero-order valence-corrected chi connectivity index (χ0v) is 17.0. The average Bonchev–Trinajstić information content (AvgIpc) is 3.04. The topological polar surface area (TPSA) is 82.4 Å². The molecule has 1 aliphatic rings. The predicted molar refractivity (Wildman–Crippen MR) is 110 cm³/mol. The summed E-state index contributed by atoms with van der Waals surface area (Å²) in [6, 6.07) is 19.3. The highest BCUT2D eigenvalue weighted by atomic mass is 16.8. The Morgan fingerprint density at radius 2 is 1.41 bits per heavy atom. The molecule has 0 amide bonds. The highest BCUT2D eigenvalue weighted by Crippen LogP contribution is 2.32. The first kappa shape index (κ1) is 21.9. The van der Waals surface area contributed by atoms with Crippen LogP contribution in [-0.4, -0.2) is 63.6 Å². The SMILES string of the molecule is CC1(C)O[C@@H]([C@H](O)[C@@H](CO)N(Cc2ccccc2)Cc2ccccc2)[C@@H](CO)O1. The molecule has 1 fully saturated rings. The summed E-state index contributed by atoms with van der Waals surface area (Å²) in [7, 11) is 0. The van der Waals surface area contributed by atoms with Crippen LogP contribution in [0.4, 0.5) is 0 Å². The summed E-state index contributed by atoms with van der Waals surface area (Å²) in [5.74, 6) is -0.900. The standard InChI is InChI=1S/C23H31NO5/c1-23(2)28-20(16-26)22(29-23)21(27)19(15-25)24(13-17-9-5-3-6-10-17)14-18-11-7-4-8-12-18/h3-12,19-22,25-27H,13-16H2,1-2H3/t19-,20-,21-,22-/m1/s1. The molecule has 2 aromatic rings. The number of nitrogens with zero attached hydrogens (tertiary/aromatic N) is 1. The summed E-state index contributed by atoms with van der Waals surface area (Å²) in [6.45, 7) is 4.10. The molecule has 29 heavy (non-hydrogen) atoms. The molecule has 2 aromatic carbocycles. The number of aliphatic hydroxyl groups excluding tert-OH is 3. The van der Waals surface area contributed by atoms with Crippen molar-refractivity contribution in [2.75, 3.05) is 13.2 Å². The third kappa shape index (κ3) is 5.63. The molecular weight excluding hydrogens is 370 g/mol. The van der Waals surface area contributed by atoms with Gasteiger partial charge in [0.2, 0.25) is 0 Å². The molecule has 3 rings (SSSR count). The normalized spacial score (nSPS) is 23.2. The van der Waals surface area contributed by atoms with Crippen molar-refractivity contribution in [3.63, 3.8) is 0 Å². The van der Waals surface area contributed by atoms with E-state index in [4.69, 9.17) is 9.47 Å². The van der Waals surface area contributed by atoms with E-state index >= 15 is 0 Å². The Bertz CT molecular complexity index is 698. The van der Waals surface area contributed by atoms with E-state index in [2.05, 4.69) is 0 Å². The molecule has 0 spiro atoms. The smallest absolute Gasteiger partial charge is 0.164 e. The summed E-state index contributed by atoms with van der Waals surface area (Å²) in [5, 5.41) is 31.1. The highest BCUT2D eigenvalue weighted by molar-refractivity contribution is 5.17. The van der Waals surface area contributed by atoms with Crippen LogP contribution in [0.3, 0.4) is 0 Å². The molecule has 1 saturated heterocycles. The Morgan fingerprint density at radius 3 is 1.86 bits per heavy atom. The molecule has 0 aromatic heterocycles. The molecule has 0 aliphatic carbocycles. The lowest BCUT2D eigenvalue weighted by molar-refractivity contribution is -0.162. The maximum atomic E-state index is 11.2. The molecule has 4 atom stereocenters. The van der Waals surface area contributed by atoms with Gasteiger partial charge in [-0.25, -0.2) is 0 Å². The molecule has 6 heteroatoms. The minimum atomic E-state index is -1.04. The largest absolute Gasteiger partial charge is 0.395 e. The van der Waals surface area contributed by atoms with Gasteiger partial charge in [-0.2, -0.15) is 0 Å². The van der Waals surface area contributed by atoms with Crippen molar-refractivity contribution in [1.29, 1.82) is 0 Å². The molecule has 3 N–H and O–H groups in total. The van der Waals surface area contributed by atoms with Gasteiger partial charge < -0.3 is 24.8 Å². The van der Waals surface area contributed by atoms with Gasteiger partial charge >= 0.3 is 0 Å². The maximum Gasteiger partial charge on any atom is 0.164 e. The number of aliphatic hydroxyl groups is 3. The molecule has 1 aliphatic heterocycles. The van der Waals surface area contributed by atoms with Gasteiger partial charge in [0.1, 0.15) is 18.3 Å². The summed E-state index contributed by atoms with van der Waals surface area (Å²) < 4.78 is 11.6. The van der Waals surface area contributed by atoms with Crippen LogP contribution in [0.15, 0.2) is 60.7 Å². The van der Waals surface area contributed by atoms with Crippen LogP contribution < -0.4 is 0 Å². The first-order chi connectivity index (χ1) is 13.9. The van der Waals surface area contributed by atoms with Crippen molar-refractivity contribution in [3.05, 3.63) is 71.8 Å². The fourth-order valence-electron chi connectivity index (χ4n) is 3.88. The average molecular weight is 402 g/mol. The Balaban J connectivity index is 1.84. The maximum absolute atomic E-state index is 11.2. The third-order valence-electron chi connectivity index (χ3n) is 5.25. The molecule has 0 bridgehead atoms. The number of hydrogen-bond donors (Lipinski definition) is 3. The van der Waals surface area contributed by atoms with Gasteiger partial charge in [-0.3, -0.25) is 4.90 Å². The lowest BCUT2D eigenvalue weighted by Crippen LogP contribution is -2.53. The number of benzene rings is 2. The molecular formula is C23H31NO5. The third-order valence-corrected chi connectivity index (χ3v) is 5.25. The van der Waals surface area contributed by atoms with Gasteiger partial charge in [-0.15, -0.1) is 0 Å². The molecule has 6 nitrogen and oxygen atoms in total. The van der Waals surface area contributed by atoms with Gasteiger partial charge in [0.25, 0.3) is 0 Å². The van der Waals surface area contributed by atoms with E-state index < -0.39 is 30.1 Å². The Kier molecular flexibility index (Phi) is 7.40. The van der Waals surface area contributed by atoms with Gasteiger partial charge in [0.15, 0.2) is 5.79 Å². The zero-order chi connectivity index (χ0) is 20.9. The summed E-state index contributed by atoms with van der Waals surface area (Å²) in [4.78, 5) is 2.04. The Labute approximate surface area is 172 Å². The summed E-state index contributed by atoms with van der Waals surface area (Å²) in [6.07, 6.45) is -2.42. The fourth-order valence-corrected chi connectivity index (χ4v) is 3.88. The lowest BCUT2D eigenvalue weighted by atomic mass is 9.99. The van der Waals surface area contributed by atoms with Crippen molar-refractivity contribution in [2.45, 2.75) is 57.1 Å². The van der Waals surface area contributed by atoms with Crippen LogP contribution in [0.1, 0.15) is 25.0 Å². The van der Waals surface area contributed by atoms with Crippen LogP contribution in [0, 0.1) is 0 Å². The zero-order valence-electron chi connectivity index (χ0n) is 17.0. The Hall–Kier alpha value is -1.80. The van der Waals surface area contributed by atoms with Crippen molar-refractivity contribution in [1.82, 2.24) is 4.90 Å².